The molecule has 2 nitrogen and oxygen atoms in total. The zero-order valence-electron chi connectivity index (χ0n) is 8.95. The highest BCUT2D eigenvalue weighted by Gasteiger charge is 2.28. The van der Waals surface area contributed by atoms with Crippen molar-refractivity contribution in [2.45, 2.75) is 51.6 Å². The van der Waals surface area contributed by atoms with Crippen LogP contribution in [0.4, 0.5) is 0 Å². The van der Waals surface area contributed by atoms with Gasteiger partial charge in [-0.15, -0.1) is 0 Å². The molecule has 0 amide bonds. The molecule has 1 fully saturated rings. The van der Waals surface area contributed by atoms with E-state index in [9.17, 15) is 0 Å². The molecule has 1 saturated carbocycles. The standard InChI is InChI=1S/C11H20N2/c1-9(2)13(3)11-7-5-4-6-10(11)8-12/h9-11H,4-7H2,1-3H3. The molecule has 13 heavy (non-hydrogen) atoms. The van der Waals surface area contributed by atoms with Gasteiger partial charge in [0.2, 0.25) is 0 Å². The molecule has 1 aliphatic rings. The Morgan fingerprint density at radius 3 is 2.46 bits per heavy atom. The summed E-state index contributed by atoms with van der Waals surface area (Å²) in [7, 11) is 2.14. The largest absolute Gasteiger partial charge is 0.300 e. The van der Waals surface area contributed by atoms with E-state index in [2.05, 4.69) is 31.9 Å². The molecule has 0 spiro atoms. The highest BCUT2D eigenvalue weighted by Crippen LogP contribution is 2.28. The molecule has 2 heteroatoms. The number of hydrogen-bond acceptors (Lipinski definition) is 2. The highest BCUT2D eigenvalue weighted by atomic mass is 15.2. The van der Waals surface area contributed by atoms with E-state index in [1.165, 1.54) is 19.3 Å². The highest BCUT2D eigenvalue weighted by molar-refractivity contribution is 4.95. The average molecular weight is 180 g/mol. The van der Waals surface area contributed by atoms with Gasteiger partial charge in [-0.2, -0.15) is 5.26 Å². The number of hydrogen-bond donors (Lipinski definition) is 0. The van der Waals surface area contributed by atoms with Crippen LogP contribution < -0.4 is 0 Å². The van der Waals surface area contributed by atoms with Crippen LogP contribution in [0.15, 0.2) is 0 Å². The van der Waals surface area contributed by atoms with Crippen LogP contribution in [0.3, 0.4) is 0 Å². The summed E-state index contributed by atoms with van der Waals surface area (Å²) < 4.78 is 0. The van der Waals surface area contributed by atoms with E-state index in [0.717, 1.165) is 6.42 Å². The van der Waals surface area contributed by atoms with Crippen molar-refractivity contribution < 1.29 is 0 Å². The summed E-state index contributed by atoms with van der Waals surface area (Å²) in [6.45, 7) is 4.39. The summed E-state index contributed by atoms with van der Waals surface area (Å²) in [6.07, 6.45) is 4.83. The second-order valence-electron chi connectivity index (χ2n) is 4.35. The Labute approximate surface area is 81.5 Å². The molecule has 1 aliphatic carbocycles. The van der Waals surface area contributed by atoms with E-state index >= 15 is 0 Å². The third-order valence-corrected chi connectivity index (χ3v) is 3.23. The van der Waals surface area contributed by atoms with Gasteiger partial charge < -0.3 is 0 Å². The van der Waals surface area contributed by atoms with Crippen molar-refractivity contribution in [2.75, 3.05) is 7.05 Å². The minimum Gasteiger partial charge on any atom is -0.300 e. The Balaban J connectivity index is 2.59. The summed E-state index contributed by atoms with van der Waals surface area (Å²) in [5.41, 5.74) is 0. The Kier molecular flexibility index (Phi) is 3.74. The van der Waals surface area contributed by atoms with Crippen molar-refractivity contribution >= 4 is 0 Å². The fourth-order valence-electron chi connectivity index (χ4n) is 2.13. The molecule has 0 heterocycles. The second kappa shape index (κ2) is 4.62. The summed E-state index contributed by atoms with van der Waals surface area (Å²) in [4.78, 5) is 2.35. The second-order valence-corrected chi connectivity index (χ2v) is 4.35. The summed E-state index contributed by atoms with van der Waals surface area (Å²) >= 11 is 0. The number of nitrogens with zero attached hydrogens (tertiary/aromatic N) is 2. The molecule has 1 rings (SSSR count). The normalized spacial score (nSPS) is 29.2. The van der Waals surface area contributed by atoms with Crippen molar-refractivity contribution in [3.8, 4) is 6.07 Å². The first-order valence-electron chi connectivity index (χ1n) is 5.28. The smallest absolute Gasteiger partial charge is 0.0672 e. The molecule has 0 aromatic heterocycles. The Morgan fingerprint density at radius 2 is 1.92 bits per heavy atom. The predicted molar refractivity (Wildman–Crippen MR) is 54.3 cm³/mol. The van der Waals surface area contributed by atoms with Gasteiger partial charge in [-0.3, -0.25) is 4.90 Å². The topological polar surface area (TPSA) is 27.0 Å². The molecule has 2 unspecified atom stereocenters. The van der Waals surface area contributed by atoms with Crippen molar-refractivity contribution in [3.63, 3.8) is 0 Å². The van der Waals surface area contributed by atoms with Gasteiger partial charge in [0.05, 0.1) is 12.0 Å². The first kappa shape index (κ1) is 10.5. The maximum Gasteiger partial charge on any atom is 0.0672 e. The van der Waals surface area contributed by atoms with Crippen LogP contribution in [-0.2, 0) is 0 Å². The van der Waals surface area contributed by atoms with Crippen molar-refractivity contribution in [1.29, 1.82) is 5.26 Å². The maximum atomic E-state index is 9.02. The minimum absolute atomic E-state index is 0.265. The summed E-state index contributed by atoms with van der Waals surface area (Å²) in [6, 6.07) is 3.50. The van der Waals surface area contributed by atoms with Crippen molar-refractivity contribution in [1.82, 2.24) is 4.90 Å². The Bertz CT molecular complexity index is 193. The van der Waals surface area contributed by atoms with Crippen LogP contribution in [0.1, 0.15) is 39.5 Å². The first-order valence-corrected chi connectivity index (χ1v) is 5.28. The van der Waals surface area contributed by atoms with Gasteiger partial charge in [0.25, 0.3) is 0 Å². The molecule has 2 atom stereocenters. The third-order valence-electron chi connectivity index (χ3n) is 3.23. The van der Waals surface area contributed by atoms with E-state index < -0.39 is 0 Å². The molecule has 0 aliphatic heterocycles. The van der Waals surface area contributed by atoms with Gasteiger partial charge >= 0.3 is 0 Å². The Morgan fingerprint density at radius 1 is 1.31 bits per heavy atom. The van der Waals surface area contributed by atoms with Gasteiger partial charge in [0.15, 0.2) is 0 Å². The van der Waals surface area contributed by atoms with Gasteiger partial charge in [-0.05, 0) is 33.7 Å². The number of nitriles is 1. The maximum absolute atomic E-state index is 9.02. The van der Waals surface area contributed by atoms with Gasteiger partial charge in [-0.1, -0.05) is 12.8 Å². The summed E-state index contributed by atoms with van der Waals surface area (Å²) in [5.74, 6) is 0.265. The van der Waals surface area contributed by atoms with E-state index in [1.807, 2.05) is 0 Å². The van der Waals surface area contributed by atoms with Gasteiger partial charge in [-0.25, -0.2) is 0 Å². The first-order chi connectivity index (χ1) is 6.16. The van der Waals surface area contributed by atoms with E-state index in [0.29, 0.717) is 12.1 Å². The SMILES string of the molecule is CC(C)N(C)C1CCCCC1C#N. The fourth-order valence-corrected chi connectivity index (χ4v) is 2.13. The third kappa shape index (κ3) is 2.45. The van der Waals surface area contributed by atoms with E-state index in [1.54, 1.807) is 0 Å². The van der Waals surface area contributed by atoms with Crippen LogP contribution in [0.2, 0.25) is 0 Å². The molecular weight excluding hydrogens is 160 g/mol. The summed E-state index contributed by atoms with van der Waals surface area (Å²) in [5, 5.41) is 9.02. The lowest BCUT2D eigenvalue weighted by Gasteiger charge is -2.37. The van der Waals surface area contributed by atoms with Crippen LogP contribution in [0.25, 0.3) is 0 Å². The molecular formula is C11H20N2. The van der Waals surface area contributed by atoms with Crippen LogP contribution in [-0.4, -0.2) is 24.0 Å². The minimum atomic E-state index is 0.265. The van der Waals surface area contributed by atoms with Gasteiger partial charge in [0, 0.05) is 12.1 Å². The monoisotopic (exact) mass is 180 g/mol. The fraction of sp³-hybridized carbons (Fsp3) is 0.909. The van der Waals surface area contributed by atoms with Crippen molar-refractivity contribution in [3.05, 3.63) is 0 Å². The van der Waals surface area contributed by atoms with E-state index in [-0.39, 0.29) is 5.92 Å². The molecule has 0 aromatic carbocycles. The lowest BCUT2D eigenvalue weighted by atomic mass is 9.84. The van der Waals surface area contributed by atoms with E-state index in [4.69, 9.17) is 5.26 Å². The molecule has 0 N–H and O–H groups in total. The zero-order valence-corrected chi connectivity index (χ0v) is 8.95. The lowest BCUT2D eigenvalue weighted by molar-refractivity contribution is 0.126. The van der Waals surface area contributed by atoms with Crippen LogP contribution in [0, 0.1) is 17.2 Å². The predicted octanol–water partition coefficient (Wildman–Crippen LogP) is 2.41. The quantitative estimate of drug-likeness (QED) is 0.652. The molecule has 0 radical (unpaired) electrons. The van der Waals surface area contributed by atoms with Gasteiger partial charge in [0.1, 0.15) is 0 Å². The zero-order chi connectivity index (χ0) is 9.84. The van der Waals surface area contributed by atoms with Crippen molar-refractivity contribution in [2.24, 2.45) is 5.92 Å². The molecule has 0 aromatic rings. The lowest BCUT2D eigenvalue weighted by Crippen LogP contribution is -2.43. The number of rotatable bonds is 2. The molecule has 0 saturated heterocycles. The Hall–Kier alpha value is -0.550. The average Bonchev–Trinajstić information content (AvgIpc) is 2.16. The molecule has 74 valence electrons. The van der Waals surface area contributed by atoms with Crippen LogP contribution in [0.5, 0.6) is 0 Å². The molecule has 0 bridgehead atoms. The van der Waals surface area contributed by atoms with Crippen LogP contribution >= 0.6 is 0 Å².